The smallest absolute Gasteiger partial charge is 0.295 e. The Kier molecular flexibility index (Phi) is 9.28. The van der Waals surface area contributed by atoms with E-state index in [0.717, 1.165) is 12.8 Å². The topological polar surface area (TPSA) is 64.3 Å². The summed E-state index contributed by atoms with van der Waals surface area (Å²) >= 11 is 0. The quantitative estimate of drug-likeness (QED) is 0.462. The predicted molar refractivity (Wildman–Crippen MR) is 55.6 cm³/mol. The van der Waals surface area contributed by atoms with E-state index in [9.17, 15) is 4.79 Å². The van der Waals surface area contributed by atoms with Gasteiger partial charge >= 0.3 is 0 Å². The molecule has 0 heterocycles. The van der Waals surface area contributed by atoms with Gasteiger partial charge in [0.2, 0.25) is 0 Å². The summed E-state index contributed by atoms with van der Waals surface area (Å²) in [6, 6.07) is 0. The van der Waals surface area contributed by atoms with Crippen molar-refractivity contribution in [2.75, 3.05) is 26.3 Å². The molecule has 0 atom stereocenters. The largest absolute Gasteiger partial charge is 0.378 e. The van der Waals surface area contributed by atoms with E-state index < -0.39 is 0 Å². The van der Waals surface area contributed by atoms with Gasteiger partial charge in [0.25, 0.3) is 5.91 Å². The molecule has 0 spiro atoms. The van der Waals surface area contributed by atoms with Crippen molar-refractivity contribution in [3.05, 3.63) is 0 Å². The molecular weight excluding hydrogens is 180 g/mol. The van der Waals surface area contributed by atoms with Gasteiger partial charge in [0, 0.05) is 19.5 Å². The first-order chi connectivity index (χ1) is 6.81. The van der Waals surface area contributed by atoms with E-state index in [2.05, 4.69) is 17.2 Å². The van der Waals surface area contributed by atoms with Gasteiger partial charge in [0.1, 0.15) is 0 Å². The highest BCUT2D eigenvalue weighted by molar-refractivity contribution is 5.93. The molecule has 80 valence electrons. The molecule has 0 fully saturated rings. The maximum Gasteiger partial charge on any atom is 0.295 e. The van der Waals surface area contributed by atoms with E-state index in [1.165, 1.54) is 0 Å². The molecule has 4 heteroatoms. The first kappa shape index (κ1) is 12.9. The number of unbranched alkanes of at least 4 members (excludes halogenated alkanes) is 1. The predicted octanol–water partition coefficient (Wildman–Crippen LogP) is -0.119. The summed E-state index contributed by atoms with van der Waals surface area (Å²) in [5.41, 5.74) is 5.22. The zero-order chi connectivity index (χ0) is 10.6. The second-order valence-electron chi connectivity index (χ2n) is 2.71. The van der Waals surface area contributed by atoms with E-state index in [0.29, 0.717) is 26.3 Å². The van der Waals surface area contributed by atoms with E-state index in [-0.39, 0.29) is 5.91 Å². The Bertz CT molecular complexity index is 206. The van der Waals surface area contributed by atoms with Crippen molar-refractivity contribution in [3.8, 4) is 11.8 Å². The number of hydrogen-bond donors (Lipinski definition) is 2. The van der Waals surface area contributed by atoms with Crippen LogP contribution in [-0.4, -0.2) is 32.2 Å². The maximum absolute atomic E-state index is 11.0. The monoisotopic (exact) mass is 198 g/mol. The Morgan fingerprint density at radius 2 is 2.29 bits per heavy atom. The van der Waals surface area contributed by atoms with Crippen molar-refractivity contribution < 1.29 is 9.53 Å². The number of nitrogens with two attached hydrogens (primary N) is 1. The van der Waals surface area contributed by atoms with Gasteiger partial charge in [0.15, 0.2) is 0 Å². The molecule has 0 bridgehead atoms. The Labute approximate surface area is 85.2 Å². The molecule has 3 N–H and O–H groups in total. The number of carbonyl (C=O) groups excluding carboxylic acids is 1. The number of hydrogen-bond acceptors (Lipinski definition) is 3. The molecule has 4 nitrogen and oxygen atoms in total. The lowest BCUT2D eigenvalue weighted by Gasteiger charge is -2.01. The number of amides is 1. The summed E-state index contributed by atoms with van der Waals surface area (Å²) in [5, 5.41) is 2.62. The lowest BCUT2D eigenvalue weighted by molar-refractivity contribution is -0.115. The van der Waals surface area contributed by atoms with Crippen LogP contribution in [0, 0.1) is 11.8 Å². The van der Waals surface area contributed by atoms with Crippen molar-refractivity contribution >= 4 is 5.91 Å². The van der Waals surface area contributed by atoms with Crippen LogP contribution < -0.4 is 11.1 Å². The molecule has 0 unspecified atom stereocenters. The second kappa shape index (κ2) is 10.0. The SMILES string of the molecule is CCCC#CC(=O)NCCOCCN. The molecule has 0 aliphatic carbocycles. The zero-order valence-corrected chi connectivity index (χ0v) is 8.64. The second-order valence-corrected chi connectivity index (χ2v) is 2.71. The third-order valence-corrected chi connectivity index (χ3v) is 1.37. The van der Waals surface area contributed by atoms with E-state index >= 15 is 0 Å². The van der Waals surface area contributed by atoms with Gasteiger partial charge in [-0.1, -0.05) is 12.8 Å². The highest BCUT2D eigenvalue weighted by Crippen LogP contribution is 1.80. The minimum Gasteiger partial charge on any atom is -0.378 e. The molecule has 0 aliphatic heterocycles. The van der Waals surface area contributed by atoms with Gasteiger partial charge in [0.05, 0.1) is 13.2 Å². The number of rotatable bonds is 6. The van der Waals surface area contributed by atoms with E-state index in [1.54, 1.807) is 0 Å². The first-order valence-corrected chi connectivity index (χ1v) is 4.85. The van der Waals surface area contributed by atoms with E-state index in [1.807, 2.05) is 6.92 Å². The lowest BCUT2D eigenvalue weighted by atomic mass is 10.3. The standard InChI is InChI=1S/C10H18N2O2/c1-2-3-4-5-10(13)12-7-9-14-8-6-11/h2-3,6-9,11H2,1H3,(H,12,13). The third-order valence-electron chi connectivity index (χ3n) is 1.37. The van der Waals surface area contributed by atoms with Crippen LogP contribution in [-0.2, 0) is 9.53 Å². The van der Waals surface area contributed by atoms with Gasteiger partial charge in [-0.15, -0.1) is 0 Å². The number of ether oxygens (including phenoxy) is 1. The molecule has 0 aromatic carbocycles. The zero-order valence-electron chi connectivity index (χ0n) is 8.64. The Morgan fingerprint density at radius 3 is 2.93 bits per heavy atom. The van der Waals surface area contributed by atoms with Gasteiger partial charge in [-0.2, -0.15) is 0 Å². The molecule has 0 rings (SSSR count). The molecule has 1 amide bonds. The van der Waals surface area contributed by atoms with Gasteiger partial charge < -0.3 is 15.8 Å². The van der Waals surface area contributed by atoms with Crippen LogP contribution in [0.25, 0.3) is 0 Å². The molecular formula is C10H18N2O2. The van der Waals surface area contributed by atoms with Crippen LogP contribution in [0.4, 0.5) is 0 Å². The molecule has 0 saturated heterocycles. The van der Waals surface area contributed by atoms with Crippen LogP contribution in [0.3, 0.4) is 0 Å². The van der Waals surface area contributed by atoms with E-state index in [4.69, 9.17) is 10.5 Å². The lowest BCUT2D eigenvalue weighted by Crippen LogP contribution is -2.26. The fraction of sp³-hybridized carbons (Fsp3) is 0.700. The van der Waals surface area contributed by atoms with Crippen molar-refractivity contribution in [1.82, 2.24) is 5.32 Å². The summed E-state index contributed by atoms with van der Waals surface area (Å²) < 4.78 is 5.07. The first-order valence-electron chi connectivity index (χ1n) is 4.85. The summed E-state index contributed by atoms with van der Waals surface area (Å²) in [6.07, 6.45) is 1.73. The molecule has 0 aromatic heterocycles. The molecule has 0 aromatic rings. The fourth-order valence-electron chi connectivity index (χ4n) is 0.734. The summed E-state index contributed by atoms with van der Waals surface area (Å²) in [6.45, 7) is 4.02. The van der Waals surface area contributed by atoms with Crippen LogP contribution in [0.1, 0.15) is 19.8 Å². The average Bonchev–Trinajstić information content (AvgIpc) is 2.18. The highest BCUT2D eigenvalue weighted by atomic mass is 16.5. The molecule has 0 aliphatic rings. The minimum absolute atomic E-state index is 0.241. The van der Waals surface area contributed by atoms with Crippen LogP contribution in [0.5, 0.6) is 0 Å². The van der Waals surface area contributed by atoms with Crippen molar-refractivity contribution in [2.45, 2.75) is 19.8 Å². The van der Waals surface area contributed by atoms with Gasteiger partial charge in [-0.3, -0.25) is 4.79 Å². The maximum atomic E-state index is 11.0. The van der Waals surface area contributed by atoms with Crippen molar-refractivity contribution in [1.29, 1.82) is 0 Å². The highest BCUT2D eigenvalue weighted by Gasteiger charge is 1.93. The Balaban J connectivity index is 3.32. The van der Waals surface area contributed by atoms with Crippen molar-refractivity contribution in [3.63, 3.8) is 0 Å². The van der Waals surface area contributed by atoms with Gasteiger partial charge in [-0.05, 0) is 12.3 Å². The van der Waals surface area contributed by atoms with Crippen LogP contribution in [0.15, 0.2) is 0 Å². The van der Waals surface area contributed by atoms with Gasteiger partial charge in [-0.25, -0.2) is 0 Å². The summed E-state index contributed by atoms with van der Waals surface area (Å²) in [7, 11) is 0. The average molecular weight is 198 g/mol. The Morgan fingerprint density at radius 1 is 1.50 bits per heavy atom. The molecule has 0 saturated carbocycles. The minimum atomic E-state index is -0.241. The van der Waals surface area contributed by atoms with Crippen LogP contribution in [0.2, 0.25) is 0 Å². The molecule has 14 heavy (non-hydrogen) atoms. The summed E-state index contributed by atoms with van der Waals surface area (Å²) in [5.74, 6) is 5.02. The third kappa shape index (κ3) is 9.04. The Hall–Kier alpha value is -1.05. The number of nitrogens with one attached hydrogen (secondary N) is 1. The number of carbonyl (C=O) groups is 1. The summed E-state index contributed by atoms with van der Waals surface area (Å²) in [4.78, 5) is 11.0. The normalized spacial score (nSPS) is 9.00. The fourth-order valence-corrected chi connectivity index (χ4v) is 0.734. The van der Waals surface area contributed by atoms with Crippen molar-refractivity contribution in [2.24, 2.45) is 5.73 Å². The molecule has 0 radical (unpaired) electrons. The van der Waals surface area contributed by atoms with Crippen LogP contribution >= 0.6 is 0 Å².